The van der Waals surface area contributed by atoms with Crippen molar-refractivity contribution in [3.8, 4) is 0 Å². The first kappa shape index (κ1) is 9.04. The molecule has 0 aliphatic carbocycles. The third kappa shape index (κ3) is 2.53. The van der Waals surface area contributed by atoms with E-state index >= 15 is 0 Å². The predicted molar refractivity (Wildman–Crippen MR) is 49.3 cm³/mol. The van der Waals surface area contributed by atoms with Gasteiger partial charge in [-0.15, -0.1) is 0 Å². The van der Waals surface area contributed by atoms with Crippen molar-refractivity contribution in [1.29, 1.82) is 0 Å². The average molecular weight is 165 g/mol. The van der Waals surface area contributed by atoms with Crippen LogP contribution in [0.25, 0.3) is 0 Å². The molecule has 66 valence electrons. The summed E-state index contributed by atoms with van der Waals surface area (Å²) in [5, 5.41) is 0. The Morgan fingerprint density at radius 2 is 2.33 bits per heavy atom. The van der Waals surface area contributed by atoms with Crippen LogP contribution >= 0.6 is 0 Å². The van der Waals surface area contributed by atoms with E-state index in [4.69, 9.17) is 0 Å². The fourth-order valence-electron chi connectivity index (χ4n) is 1.12. The minimum Gasteiger partial charge on any atom is -0.364 e. The Morgan fingerprint density at radius 1 is 1.58 bits per heavy atom. The molecule has 2 heteroatoms. The summed E-state index contributed by atoms with van der Waals surface area (Å²) in [4.78, 5) is 13.4. The number of hydrogen-bond donors (Lipinski definition) is 1. The molecule has 2 nitrogen and oxygen atoms in total. The third-order valence-electron chi connectivity index (χ3n) is 1.89. The van der Waals surface area contributed by atoms with Gasteiger partial charge in [-0.25, -0.2) is 0 Å². The molecule has 0 unspecified atom stereocenters. The number of aryl methyl sites for hydroxylation is 1. The number of rotatable bonds is 4. The van der Waals surface area contributed by atoms with Crippen molar-refractivity contribution in [3.05, 3.63) is 23.5 Å². The van der Waals surface area contributed by atoms with Crippen LogP contribution in [0.3, 0.4) is 0 Å². The van der Waals surface area contributed by atoms with Crippen LogP contribution in [0.15, 0.2) is 12.3 Å². The summed E-state index contributed by atoms with van der Waals surface area (Å²) in [6, 6.07) is 1.91. The van der Waals surface area contributed by atoms with Gasteiger partial charge in [-0.1, -0.05) is 13.8 Å². The summed E-state index contributed by atoms with van der Waals surface area (Å²) in [6.45, 7) is 4.40. The Labute approximate surface area is 73.0 Å². The lowest BCUT2D eigenvalue weighted by Crippen LogP contribution is -1.91. The van der Waals surface area contributed by atoms with Crippen molar-refractivity contribution in [2.75, 3.05) is 0 Å². The number of H-pyrrole nitrogens is 1. The maximum atomic E-state index is 10.3. The van der Waals surface area contributed by atoms with Gasteiger partial charge in [0, 0.05) is 17.5 Å². The number of aromatic nitrogens is 1. The van der Waals surface area contributed by atoms with E-state index in [1.165, 1.54) is 6.42 Å². The Bertz CT molecular complexity index is 250. The fourth-order valence-corrected chi connectivity index (χ4v) is 1.12. The number of nitrogens with one attached hydrogen (secondary N) is 1. The molecule has 0 aromatic carbocycles. The first-order chi connectivity index (χ1) is 5.72. The maximum Gasteiger partial charge on any atom is 0.151 e. The molecule has 1 rings (SSSR count). The van der Waals surface area contributed by atoms with Gasteiger partial charge in [-0.2, -0.15) is 0 Å². The fraction of sp³-hybridized carbons (Fsp3) is 0.500. The number of carbonyl (C=O) groups excluding carboxylic acids is 1. The van der Waals surface area contributed by atoms with E-state index in [9.17, 15) is 4.79 Å². The molecule has 0 aliphatic heterocycles. The molecule has 0 aliphatic rings. The van der Waals surface area contributed by atoms with Crippen LogP contribution in [0.5, 0.6) is 0 Å². The van der Waals surface area contributed by atoms with Crippen LogP contribution in [0.2, 0.25) is 0 Å². The summed E-state index contributed by atoms with van der Waals surface area (Å²) in [6.07, 6.45) is 4.82. The van der Waals surface area contributed by atoms with Crippen LogP contribution in [0.1, 0.15) is 36.3 Å². The highest BCUT2D eigenvalue weighted by Crippen LogP contribution is 2.08. The minimum absolute atomic E-state index is 0.716. The van der Waals surface area contributed by atoms with E-state index in [1.54, 1.807) is 6.20 Å². The SMILES string of the molecule is CC(C)CCc1cc(C=O)c[nH]1. The van der Waals surface area contributed by atoms with Crippen molar-refractivity contribution in [2.24, 2.45) is 5.92 Å². The molecule has 1 aromatic rings. The van der Waals surface area contributed by atoms with E-state index < -0.39 is 0 Å². The van der Waals surface area contributed by atoms with E-state index in [1.807, 2.05) is 6.07 Å². The second-order valence-corrected chi connectivity index (χ2v) is 3.51. The van der Waals surface area contributed by atoms with Crippen LogP contribution in [0, 0.1) is 5.92 Å². The molecule has 1 aromatic heterocycles. The average Bonchev–Trinajstić information content (AvgIpc) is 2.48. The Balaban J connectivity index is 2.47. The van der Waals surface area contributed by atoms with Gasteiger partial charge in [-0.3, -0.25) is 4.79 Å². The molecule has 12 heavy (non-hydrogen) atoms. The maximum absolute atomic E-state index is 10.3. The molecular weight excluding hydrogens is 150 g/mol. The third-order valence-corrected chi connectivity index (χ3v) is 1.89. The minimum atomic E-state index is 0.716. The Morgan fingerprint density at radius 3 is 2.83 bits per heavy atom. The molecule has 0 spiro atoms. The topological polar surface area (TPSA) is 32.9 Å². The van der Waals surface area contributed by atoms with E-state index in [0.29, 0.717) is 5.92 Å². The molecule has 1 heterocycles. The standard InChI is InChI=1S/C10H15NO/c1-8(2)3-4-10-5-9(7-12)6-11-10/h5-8,11H,3-4H2,1-2H3. The van der Waals surface area contributed by atoms with Crippen molar-refractivity contribution in [2.45, 2.75) is 26.7 Å². The van der Waals surface area contributed by atoms with Crippen molar-refractivity contribution >= 4 is 6.29 Å². The van der Waals surface area contributed by atoms with Crippen molar-refractivity contribution in [1.82, 2.24) is 4.98 Å². The smallest absolute Gasteiger partial charge is 0.151 e. The Hall–Kier alpha value is -1.05. The zero-order valence-corrected chi connectivity index (χ0v) is 7.63. The van der Waals surface area contributed by atoms with Gasteiger partial charge >= 0.3 is 0 Å². The molecule has 0 saturated heterocycles. The van der Waals surface area contributed by atoms with E-state index in [0.717, 1.165) is 24.0 Å². The molecule has 0 bridgehead atoms. The monoisotopic (exact) mass is 165 g/mol. The zero-order chi connectivity index (χ0) is 8.97. The van der Waals surface area contributed by atoms with Crippen molar-refractivity contribution in [3.63, 3.8) is 0 Å². The van der Waals surface area contributed by atoms with Gasteiger partial charge in [0.2, 0.25) is 0 Å². The van der Waals surface area contributed by atoms with Crippen LogP contribution in [-0.4, -0.2) is 11.3 Å². The molecule has 0 amide bonds. The van der Waals surface area contributed by atoms with Gasteiger partial charge in [0.05, 0.1) is 0 Å². The van der Waals surface area contributed by atoms with Gasteiger partial charge in [0.25, 0.3) is 0 Å². The largest absolute Gasteiger partial charge is 0.364 e. The molecule has 0 radical (unpaired) electrons. The quantitative estimate of drug-likeness (QED) is 0.683. The number of hydrogen-bond acceptors (Lipinski definition) is 1. The zero-order valence-electron chi connectivity index (χ0n) is 7.63. The summed E-state index contributed by atoms with van der Waals surface area (Å²) in [7, 11) is 0. The van der Waals surface area contributed by atoms with Crippen LogP contribution in [0.4, 0.5) is 0 Å². The molecule has 0 atom stereocenters. The summed E-state index contributed by atoms with van der Waals surface area (Å²) in [5.74, 6) is 0.716. The highest BCUT2D eigenvalue weighted by Gasteiger charge is 1.99. The van der Waals surface area contributed by atoms with Crippen molar-refractivity contribution < 1.29 is 4.79 Å². The number of carbonyl (C=O) groups is 1. The highest BCUT2D eigenvalue weighted by molar-refractivity contribution is 5.74. The van der Waals surface area contributed by atoms with Gasteiger partial charge in [-0.05, 0) is 24.8 Å². The molecule has 0 saturated carbocycles. The molecule has 1 N–H and O–H groups in total. The first-order valence-corrected chi connectivity index (χ1v) is 4.35. The summed E-state index contributed by atoms with van der Waals surface area (Å²) < 4.78 is 0. The lowest BCUT2D eigenvalue weighted by Gasteiger charge is -2.01. The van der Waals surface area contributed by atoms with Gasteiger partial charge in [0.15, 0.2) is 6.29 Å². The Kier molecular flexibility index (Phi) is 3.09. The van der Waals surface area contributed by atoms with E-state index in [2.05, 4.69) is 18.8 Å². The van der Waals surface area contributed by atoms with E-state index in [-0.39, 0.29) is 0 Å². The highest BCUT2D eigenvalue weighted by atomic mass is 16.1. The lowest BCUT2D eigenvalue weighted by atomic mass is 10.1. The number of aromatic amines is 1. The van der Waals surface area contributed by atoms with Gasteiger partial charge < -0.3 is 4.98 Å². The van der Waals surface area contributed by atoms with Gasteiger partial charge in [0.1, 0.15) is 0 Å². The van der Waals surface area contributed by atoms with Crippen LogP contribution in [-0.2, 0) is 6.42 Å². The summed E-state index contributed by atoms with van der Waals surface area (Å²) in [5.41, 5.74) is 1.90. The summed E-state index contributed by atoms with van der Waals surface area (Å²) >= 11 is 0. The second-order valence-electron chi connectivity index (χ2n) is 3.51. The predicted octanol–water partition coefficient (Wildman–Crippen LogP) is 2.42. The van der Waals surface area contributed by atoms with Crippen LogP contribution < -0.4 is 0 Å². The molecular formula is C10H15NO. The molecule has 0 fully saturated rings. The lowest BCUT2D eigenvalue weighted by molar-refractivity contribution is 0.112. The first-order valence-electron chi connectivity index (χ1n) is 4.35. The second kappa shape index (κ2) is 4.10. The number of aldehydes is 1. The normalized spacial score (nSPS) is 10.6.